The van der Waals surface area contributed by atoms with Crippen molar-refractivity contribution in [2.24, 2.45) is 5.73 Å². The Balaban J connectivity index is 1.59. The molecule has 8 heteroatoms. The molecule has 1 unspecified atom stereocenters. The van der Waals surface area contributed by atoms with Crippen LogP contribution in [0.3, 0.4) is 0 Å². The van der Waals surface area contributed by atoms with E-state index in [0.717, 1.165) is 48.6 Å². The number of nitrogens with two attached hydrogens (primary N) is 1. The average Bonchev–Trinajstić information content (AvgIpc) is 3.25. The van der Waals surface area contributed by atoms with Crippen LogP contribution in [0, 0.1) is 0 Å². The summed E-state index contributed by atoms with van der Waals surface area (Å²) < 4.78 is 1.90. The Bertz CT molecular complexity index is 886. The van der Waals surface area contributed by atoms with Crippen molar-refractivity contribution < 1.29 is 9.59 Å². The molecule has 0 aliphatic carbocycles. The Morgan fingerprint density at radius 3 is 2.78 bits per heavy atom. The van der Waals surface area contributed by atoms with Crippen LogP contribution in [-0.2, 0) is 17.8 Å². The molecule has 27 heavy (non-hydrogen) atoms. The fraction of sp³-hybridized carbons (Fsp3) is 0.474. The second kappa shape index (κ2) is 6.68. The van der Waals surface area contributed by atoms with Gasteiger partial charge in [-0.15, -0.1) is 0 Å². The third-order valence-corrected chi connectivity index (χ3v) is 5.35. The zero-order valence-electron chi connectivity index (χ0n) is 15.6. The minimum absolute atomic E-state index is 0.0689. The lowest BCUT2D eigenvalue weighted by Gasteiger charge is -2.29. The van der Waals surface area contributed by atoms with Crippen molar-refractivity contribution >= 4 is 17.6 Å². The van der Waals surface area contributed by atoms with Gasteiger partial charge in [0.1, 0.15) is 5.82 Å². The molecule has 2 aromatic rings. The molecule has 2 aliphatic heterocycles. The minimum Gasteiger partial charge on any atom is -0.364 e. The van der Waals surface area contributed by atoms with Gasteiger partial charge in [-0.05, 0) is 31.9 Å². The molecule has 4 rings (SSSR count). The van der Waals surface area contributed by atoms with Gasteiger partial charge in [0.2, 0.25) is 5.91 Å². The molecular formula is C19H24N6O2. The normalized spacial score (nSPS) is 19.3. The number of fused-ring (bicyclic) bond motifs is 1. The quantitative estimate of drug-likeness (QED) is 0.841. The number of hydrogen-bond donors (Lipinski definition) is 2. The van der Waals surface area contributed by atoms with Gasteiger partial charge < -0.3 is 16.0 Å². The van der Waals surface area contributed by atoms with E-state index >= 15 is 0 Å². The Kier molecular flexibility index (Phi) is 4.33. The van der Waals surface area contributed by atoms with Gasteiger partial charge in [0.25, 0.3) is 5.91 Å². The number of primary amides is 1. The van der Waals surface area contributed by atoms with E-state index < -0.39 is 5.91 Å². The van der Waals surface area contributed by atoms with Crippen molar-refractivity contribution in [1.29, 1.82) is 0 Å². The van der Waals surface area contributed by atoms with Crippen LogP contribution in [0.15, 0.2) is 18.3 Å². The van der Waals surface area contributed by atoms with E-state index in [0.29, 0.717) is 12.2 Å². The SMILES string of the molecule is CC(C)n1nc(C(N)=O)c2c1CCN(c1ccc(C3CCNC3=O)cn1)C2. The fourth-order valence-electron chi connectivity index (χ4n) is 3.97. The van der Waals surface area contributed by atoms with Crippen molar-refractivity contribution in [1.82, 2.24) is 20.1 Å². The summed E-state index contributed by atoms with van der Waals surface area (Å²) in [4.78, 5) is 30.4. The van der Waals surface area contributed by atoms with Crippen LogP contribution in [0.1, 0.15) is 59.5 Å². The number of nitrogens with zero attached hydrogens (tertiary/aromatic N) is 4. The van der Waals surface area contributed by atoms with Crippen LogP contribution in [0.4, 0.5) is 5.82 Å². The van der Waals surface area contributed by atoms with E-state index in [4.69, 9.17) is 5.73 Å². The van der Waals surface area contributed by atoms with Gasteiger partial charge in [0.05, 0.1) is 5.92 Å². The third-order valence-electron chi connectivity index (χ3n) is 5.35. The summed E-state index contributed by atoms with van der Waals surface area (Å²) in [5.41, 5.74) is 8.81. The lowest BCUT2D eigenvalue weighted by molar-refractivity contribution is -0.120. The molecule has 1 fully saturated rings. The number of carbonyl (C=O) groups is 2. The molecule has 8 nitrogen and oxygen atoms in total. The maximum Gasteiger partial charge on any atom is 0.269 e. The molecule has 4 heterocycles. The number of hydrogen-bond acceptors (Lipinski definition) is 5. The Labute approximate surface area is 157 Å². The molecule has 142 valence electrons. The van der Waals surface area contributed by atoms with Gasteiger partial charge >= 0.3 is 0 Å². The Morgan fingerprint density at radius 2 is 2.19 bits per heavy atom. The van der Waals surface area contributed by atoms with Gasteiger partial charge in [0.15, 0.2) is 5.69 Å². The molecular weight excluding hydrogens is 344 g/mol. The first kappa shape index (κ1) is 17.5. The molecule has 1 atom stereocenters. The first-order valence-electron chi connectivity index (χ1n) is 9.34. The second-order valence-corrected chi connectivity index (χ2v) is 7.43. The molecule has 2 aliphatic rings. The number of amides is 2. The first-order valence-corrected chi connectivity index (χ1v) is 9.34. The molecule has 3 N–H and O–H groups in total. The molecule has 0 radical (unpaired) electrons. The van der Waals surface area contributed by atoms with E-state index in [2.05, 4.69) is 20.3 Å². The minimum atomic E-state index is -0.497. The van der Waals surface area contributed by atoms with Gasteiger partial charge in [-0.1, -0.05) is 6.07 Å². The van der Waals surface area contributed by atoms with Crippen molar-refractivity contribution in [2.75, 3.05) is 18.0 Å². The van der Waals surface area contributed by atoms with E-state index in [-0.39, 0.29) is 17.9 Å². The van der Waals surface area contributed by atoms with Crippen LogP contribution in [0.25, 0.3) is 0 Å². The maximum atomic E-state index is 11.9. The highest BCUT2D eigenvalue weighted by molar-refractivity contribution is 5.92. The zero-order valence-corrected chi connectivity index (χ0v) is 15.6. The maximum absolute atomic E-state index is 11.9. The van der Waals surface area contributed by atoms with Gasteiger partial charge in [0, 0.05) is 49.6 Å². The Morgan fingerprint density at radius 1 is 1.37 bits per heavy atom. The van der Waals surface area contributed by atoms with Crippen LogP contribution in [-0.4, -0.2) is 39.7 Å². The highest BCUT2D eigenvalue weighted by Crippen LogP contribution is 2.29. The van der Waals surface area contributed by atoms with Gasteiger partial charge in [-0.25, -0.2) is 4.98 Å². The highest BCUT2D eigenvalue weighted by Gasteiger charge is 2.29. The first-order chi connectivity index (χ1) is 13.0. The van der Waals surface area contributed by atoms with Gasteiger partial charge in [-0.3, -0.25) is 14.3 Å². The van der Waals surface area contributed by atoms with E-state index in [9.17, 15) is 9.59 Å². The molecule has 1 saturated heterocycles. The van der Waals surface area contributed by atoms with Crippen LogP contribution in [0.5, 0.6) is 0 Å². The number of aromatic nitrogens is 3. The standard InChI is InChI=1S/C19H24N6O2/c1-11(2)25-15-6-8-24(10-14(15)17(23-25)18(20)26)16-4-3-12(9-22-16)13-5-7-21-19(13)27/h3-4,9,11,13H,5-8,10H2,1-2H3,(H2,20,26)(H,21,27). The van der Waals surface area contributed by atoms with Gasteiger partial charge in [-0.2, -0.15) is 5.10 Å². The van der Waals surface area contributed by atoms with Crippen LogP contribution >= 0.6 is 0 Å². The lowest BCUT2D eigenvalue weighted by Crippen LogP contribution is -2.32. The van der Waals surface area contributed by atoms with Crippen molar-refractivity contribution in [3.8, 4) is 0 Å². The lowest BCUT2D eigenvalue weighted by atomic mass is 9.99. The molecule has 0 bridgehead atoms. The van der Waals surface area contributed by atoms with Crippen molar-refractivity contribution in [3.05, 3.63) is 40.8 Å². The summed E-state index contributed by atoms with van der Waals surface area (Å²) >= 11 is 0. The predicted molar refractivity (Wildman–Crippen MR) is 100 cm³/mol. The summed E-state index contributed by atoms with van der Waals surface area (Å²) in [6, 6.07) is 4.09. The summed E-state index contributed by atoms with van der Waals surface area (Å²) in [6.45, 7) is 6.15. The smallest absolute Gasteiger partial charge is 0.269 e. The fourth-order valence-corrected chi connectivity index (χ4v) is 3.97. The Hall–Kier alpha value is -2.90. The van der Waals surface area contributed by atoms with Crippen LogP contribution < -0.4 is 16.0 Å². The van der Waals surface area contributed by atoms with Crippen molar-refractivity contribution in [2.45, 2.75) is 45.2 Å². The molecule has 0 aromatic carbocycles. The second-order valence-electron chi connectivity index (χ2n) is 7.43. The number of rotatable bonds is 4. The molecule has 2 aromatic heterocycles. The largest absolute Gasteiger partial charge is 0.364 e. The number of nitrogens with one attached hydrogen (secondary N) is 1. The summed E-state index contributed by atoms with van der Waals surface area (Å²) in [5.74, 6) is 0.295. The molecule has 0 spiro atoms. The number of pyridine rings is 1. The zero-order chi connectivity index (χ0) is 19.1. The number of carbonyl (C=O) groups excluding carboxylic acids is 2. The highest BCUT2D eigenvalue weighted by atomic mass is 16.2. The molecule has 0 saturated carbocycles. The monoisotopic (exact) mass is 368 g/mol. The molecule has 2 amide bonds. The third kappa shape index (κ3) is 3.05. The van der Waals surface area contributed by atoms with Crippen molar-refractivity contribution in [3.63, 3.8) is 0 Å². The van der Waals surface area contributed by atoms with E-state index in [1.807, 2.05) is 30.7 Å². The summed E-state index contributed by atoms with van der Waals surface area (Å²) in [7, 11) is 0. The summed E-state index contributed by atoms with van der Waals surface area (Å²) in [5, 5.41) is 7.30. The average molecular weight is 368 g/mol. The van der Waals surface area contributed by atoms with E-state index in [1.165, 1.54) is 0 Å². The number of anilines is 1. The predicted octanol–water partition coefficient (Wildman–Crippen LogP) is 1.12. The van der Waals surface area contributed by atoms with Crippen LogP contribution in [0.2, 0.25) is 0 Å². The summed E-state index contributed by atoms with van der Waals surface area (Å²) in [6.07, 6.45) is 3.37. The van der Waals surface area contributed by atoms with E-state index in [1.54, 1.807) is 6.20 Å². The topological polar surface area (TPSA) is 106 Å².